The maximum atomic E-state index is 14.5. The minimum Gasteiger partial charge on any atom is -0.371 e. The van der Waals surface area contributed by atoms with Crippen LogP contribution >= 0.6 is 34.8 Å². The van der Waals surface area contributed by atoms with Crippen LogP contribution in [0, 0.1) is 11.7 Å². The molecule has 0 bridgehead atoms. The summed E-state index contributed by atoms with van der Waals surface area (Å²) in [6, 6.07) is 8.92. The normalized spacial score (nSPS) is 19.1. The number of carbonyl (C=O) groups is 1. The molecule has 1 amide bonds. The third-order valence-electron chi connectivity index (χ3n) is 5.47. The second-order valence-corrected chi connectivity index (χ2v) is 8.69. The smallest absolute Gasteiger partial charge is 0.223 e. The van der Waals surface area contributed by atoms with E-state index in [1.807, 2.05) is 18.2 Å². The number of rotatable bonds is 5. The van der Waals surface area contributed by atoms with E-state index < -0.39 is 0 Å². The molecule has 1 aliphatic heterocycles. The summed E-state index contributed by atoms with van der Waals surface area (Å²) >= 11 is 18.3. The number of hydrogen-bond acceptors (Lipinski definition) is 2. The highest BCUT2D eigenvalue weighted by molar-refractivity contribution is 6.48. The van der Waals surface area contributed by atoms with Gasteiger partial charge in [-0.2, -0.15) is 0 Å². The molecule has 4 rings (SSSR count). The van der Waals surface area contributed by atoms with E-state index >= 15 is 0 Å². The fourth-order valence-corrected chi connectivity index (χ4v) is 4.24. The summed E-state index contributed by atoms with van der Waals surface area (Å²) in [6.07, 6.45) is 2.80. The average Bonchev–Trinajstić information content (AvgIpc) is 3.41. The van der Waals surface area contributed by atoms with Crippen molar-refractivity contribution in [2.45, 2.75) is 31.7 Å². The Morgan fingerprint density at radius 3 is 2.46 bits per heavy atom. The predicted molar refractivity (Wildman–Crippen MR) is 112 cm³/mol. The third-order valence-corrected chi connectivity index (χ3v) is 6.67. The van der Waals surface area contributed by atoms with Crippen LogP contribution in [0.1, 0.15) is 36.3 Å². The lowest BCUT2D eigenvalue weighted by Crippen LogP contribution is -2.25. The van der Waals surface area contributed by atoms with E-state index in [9.17, 15) is 9.18 Å². The monoisotopic (exact) mass is 440 g/mol. The Bertz CT molecular complexity index is 894. The van der Waals surface area contributed by atoms with Gasteiger partial charge in [-0.3, -0.25) is 4.79 Å². The largest absolute Gasteiger partial charge is 0.371 e. The van der Waals surface area contributed by atoms with E-state index in [0.29, 0.717) is 20.6 Å². The van der Waals surface area contributed by atoms with Crippen molar-refractivity contribution in [2.75, 3.05) is 18.0 Å². The molecule has 1 atom stereocenters. The van der Waals surface area contributed by atoms with Gasteiger partial charge in [-0.1, -0.05) is 40.9 Å². The number of nitrogens with zero attached hydrogens (tertiary/aromatic N) is 1. The number of benzene rings is 2. The molecule has 1 N–H and O–H groups in total. The van der Waals surface area contributed by atoms with E-state index in [1.165, 1.54) is 0 Å². The molecule has 148 valence electrons. The Kier molecular flexibility index (Phi) is 5.73. The highest BCUT2D eigenvalue weighted by Gasteiger charge is 2.29. The van der Waals surface area contributed by atoms with Gasteiger partial charge in [0.2, 0.25) is 5.91 Å². The summed E-state index contributed by atoms with van der Waals surface area (Å²) in [5.41, 5.74) is 2.38. The van der Waals surface area contributed by atoms with Crippen LogP contribution in [0.4, 0.5) is 10.1 Å². The lowest BCUT2D eigenvalue weighted by Gasteiger charge is -2.20. The molecular formula is C21H20Cl3FN2O. The standard InChI is InChI=1S/C21H20Cl3FN2O/c22-17-7-15(8-18(23)20(17)24)14-5-6-27(11-14)16-4-3-13(19(25)9-16)10-26-21(28)12-1-2-12/h3-4,7-9,12,14H,1-2,5-6,10-11H2,(H,26,28). The molecule has 0 spiro atoms. The number of nitrogens with one attached hydrogen (secondary N) is 1. The van der Waals surface area contributed by atoms with E-state index in [1.54, 1.807) is 12.1 Å². The van der Waals surface area contributed by atoms with Crippen molar-refractivity contribution in [3.05, 3.63) is 62.3 Å². The Balaban J connectivity index is 1.42. The number of halogens is 4. The fraction of sp³-hybridized carbons (Fsp3) is 0.381. The first-order chi connectivity index (χ1) is 13.4. The summed E-state index contributed by atoms with van der Waals surface area (Å²) in [7, 11) is 0. The molecule has 2 aromatic carbocycles. The van der Waals surface area contributed by atoms with Gasteiger partial charge in [0.15, 0.2) is 0 Å². The predicted octanol–water partition coefficient (Wildman–Crippen LogP) is 5.81. The van der Waals surface area contributed by atoms with Crippen LogP contribution in [0.5, 0.6) is 0 Å². The zero-order valence-corrected chi connectivity index (χ0v) is 17.4. The molecule has 1 saturated carbocycles. The van der Waals surface area contributed by atoms with Crippen molar-refractivity contribution in [1.82, 2.24) is 5.32 Å². The summed E-state index contributed by atoms with van der Waals surface area (Å²) in [4.78, 5) is 13.9. The van der Waals surface area contributed by atoms with Crippen LogP contribution in [0.2, 0.25) is 15.1 Å². The topological polar surface area (TPSA) is 32.3 Å². The first-order valence-electron chi connectivity index (χ1n) is 9.38. The van der Waals surface area contributed by atoms with E-state index in [0.717, 1.165) is 43.6 Å². The molecule has 1 unspecified atom stereocenters. The number of amides is 1. The van der Waals surface area contributed by atoms with Gasteiger partial charge in [-0.25, -0.2) is 4.39 Å². The number of anilines is 1. The van der Waals surface area contributed by atoms with Crippen molar-refractivity contribution in [1.29, 1.82) is 0 Å². The molecule has 2 fully saturated rings. The Hall–Kier alpha value is -1.49. The second kappa shape index (κ2) is 8.10. The van der Waals surface area contributed by atoms with Crippen LogP contribution < -0.4 is 10.2 Å². The zero-order chi connectivity index (χ0) is 19.8. The van der Waals surface area contributed by atoms with E-state index in [-0.39, 0.29) is 30.1 Å². The molecule has 7 heteroatoms. The van der Waals surface area contributed by atoms with Crippen molar-refractivity contribution >= 4 is 46.4 Å². The minimum atomic E-state index is -0.297. The van der Waals surface area contributed by atoms with Crippen molar-refractivity contribution < 1.29 is 9.18 Å². The first kappa shape index (κ1) is 19.8. The van der Waals surface area contributed by atoms with Gasteiger partial charge in [-0.05, 0) is 49.1 Å². The summed E-state index contributed by atoms with van der Waals surface area (Å²) in [5, 5.41) is 4.08. The Morgan fingerprint density at radius 2 is 1.82 bits per heavy atom. The van der Waals surface area contributed by atoms with Gasteiger partial charge in [0.25, 0.3) is 0 Å². The average molecular weight is 442 g/mol. The summed E-state index contributed by atoms with van der Waals surface area (Å²) in [5.74, 6) is 0.104. The van der Waals surface area contributed by atoms with Crippen molar-refractivity contribution in [3.8, 4) is 0 Å². The van der Waals surface area contributed by atoms with Gasteiger partial charge in [0.05, 0.1) is 15.1 Å². The summed E-state index contributed by atoms with van der Waals surface area (Å²) in [6.45, 7) is 1.80. The lowest BCUT2D eigenvalue weighted by molar-refractivity contribution is -0.122. The fourth-order valence-electron chi connectivity index (χ4n) is 3.63. The van der Waals surface area contributed by atoms with Crippen molar-refractivity contribution in [3.63, 3.8) is 0 Å². The number of hydrogen-bond donors (Lipinski definition) is 1. The van der Waals surface area contributed by atoms with Crippen LogP contribution in [-0.2, 0) is 11.3 Å². The van der Waals surface area contributed by atoms with Crippen molar-refractivity contribution in [2.24, 2.45) is 5.92 Å². The lowest BCUT2D eigenvalue weighted by atomic mass is 9.98. The molecule has 3 nitrogen and oxygen atoms in total. The van der Waals surface area contributed by atoms with Gasteiger partial charge in [-0.15, -0.1) is 0 Å². The maximum absolute atomic E-state index is 14.5. The molecule has 0 radical (unpaired) electrons. The Labute approximate surface area is 178 Å². The minimum absolute atomic E-state index is 0.0196. The third kappa shape index (κ3) is 4.24. The molecule has 2 aromatic rings. The SMILES string of the molecule is O=C(NCc1ccc(N2CCC(c3cc(Cl)c(Cl)c(Cl)c3)C2)cc1F)C1CC1. The zero-order valence-electron chi connectivity index (χ0n) is 15.2. The highest BCUT2D eigenvalue weighted by Crippen LogP contribution is 2.37. The summed E-state index contributed by atoms with van der Waals surface area (Å²) < 4.78 is 14.5. The molecule has 1 aliphatic carbocycles. The molecule has 1 heterocycles. The molecule has 1 saturated heterocycles. The molecular weight excluding hydrogens is 422 g/mol. The molecule has 0 aromatic heterocycles. The Morgan fingerprint density at radius 1 is 1.11 bits per heavy atom. The van der Waals surface area contributed by atoms with E-state index in [4.69, 9.17) is 34.8 Å². The first-order valence-corrected chi connectivity index (χ1v) is 10.5. The van der Waals surface area contributed by atoms with E-state index in [2.05, 4.69) is 10.2 Å². The second-order valence-electron chi connectivity index (χ2n) is 7.50. The van der Waals surface area contributed by atoms with Crippen LogP contribution in [0.15, 0.2) is 30.3 Å². The molecule has 2 aliphatic rings. The van der Waals surface area contributed by atoms with Gasteiger partial charge in [0.1, 0.15) is 5.82 Å². The maximum Gasteiger partial charge on any atom is 0.223 e. The van der Waals surface area contributed by atoms with Crippen LogP contribution in [0.3, 0.4) is 0 Å². The number of carbonyl (C=O) groups excluding carboxylic acids is 1. The van der Waals surface area contributed by atoms with Crippen LogP contribution in [-0.4, -0.2) is 19.0 Å². The van der Waals surface area contributed by atoms with Crippen LogP contribution in [0.25, 0.3) is 0 Å². The quantitative estimate of drug-likeness (QED) is 0.594. The van der Waals surface area contributed by atoms with Gasteiger partial charge < -0.3 is 10.2 Å². The van der Waals surface area contributed by atoms with Gasteiger partial charge >= 0.3 is 0 Å². The highest BCUT2D eigenvalue weighted by atomic mass is 35.5. The molecule has 28 heavy (non-hydrogen) atoms. The van der Waals surface area contributed by atoms with Gasteiger partial charge in [0, 0.05) is 42.7 Å².